The van der Waals surface area contributed by atoms with Crippen LogP contribution in [0.5, 0.6) is 0 Å². The summed E-state index contributed by atoms with van der Waals surface area (Å²) in [6.45, 7) is 0. The van der Waals surface area contributed by atoms with Crippen molar-refractivity contribution in [2.24, 2.45) is 0 Å². The van der Waals surface area contributed by atoms with Crippen LogP contribution in [0.25, 0.3) is 0 Å². The van der Waals surface area contributed by atoms with Crippen molar-refractivity contribution in [3.63, 3.8) is 0 Å². The van der Waals surface area contributed by atoms with Gasteiger partial charge in [0.2, 0.25) is 0 Å². The van der Waals surface area contributed by atoms with Gasteiger partial charge in [-0.1, -0.05) is 34.1 Å². The minimum Gasteiger partial charge on any atom is -0.388 e. The molecule has 0 bridgehead atoms. The van der Waals surface area contributed by atoms with Crippen LogP contribution in [0.15, 0.2) is 29.2 Å². The molecule has 0 amide bonds. The highest BCUT2D eigenvalue weighted by atomic mass is 79.9. The van der Waals surface area contributed by atoms with E-state index in [1.807, 2.05) is 30.5 Å². The van der Waals surface area contributed by atoms with Crippen molar-refractivity contribution < 1.29 is 5.11 Å². The Kier molecular flexibility index (Phi) is 4.12. The molecule has 0 saturated heterocycles. The van der Waals surface area contributed by atoms with Gasteiger partial charge in [0.25, 0.3) is 0 Å². The smallest absolute Gasteiger partial charge is 0.0897 e. The molecule has 0 aliphatic rings. The Labute approximate surface area is 85.3 Å². The summed E-state index contributed by atoms with van der Waals surface area (Å²) in [5, 5.41) is 10.2. The van der Waals surface area contributed by atoms with Gasteiger partial charge in [0, 0.05) is 10.2 Å². The lowest BCUT2D eigenvalue weighted by molar-refractivity contribution is 0.202. The standard InChI is InChI=1S/C9H11BrOS/c1-12-9-5-3-2-4-7(9)8(11)6-10/h2-5,8,11H,6H2,1H3. The summed E-state index contributed by atoms with van der Waals surface area (Å²) < 4.78 is 0. The Morgan fingerprint density at radius 3 is 2.75 bits per heavy atom. The summed E-state index contributed by atoms with van der Waals surface area (Å²) in [4.78, 5) is 1.14. The molecular formula is C9H11BrOS. The fraction of sp³-hybridized carbons (Fsp3) is 0.333. The van der Waals surface area contributed by atoms with E-state index in [-0.39, 0.29) is 0 Å². The molecule has 3 heteroatoms. The molecule has 66 valence electrons. The first-order valence-electron chi connectivity index (χ1n) is 3.66. The molecule has 0 saturated carbocycles. The summed E-state index contributed by atoms with van der Waals surface area (Å²) in [6.07, 6.45) is 1.62. The topological polar surface area (TPSA) is 20.2 Å². The van der Waals surface area contributed by atoms with E-state index in [0.717, 1.165) is 10.5 Å². The predicted octanol–water partition coefficient (Wildman–Crippen LogP) is 2.84. The Morgan fingerprint density at radius 1 is 1.50 bits per heavy atom. The van der Waals surface area contributed by atoms with Crippen molar-refractivity contribution in [2.45, 2.75) is 11.0 Å². The molecule has 1 nitrogen and oxygen atoms in total. The second-order valence-corrected chi connectivity index (χ2v) is 3.91. The Hall–Kier alpha value is 0.01000. The Bertz CT molecular complexity index is 252. The van der Waals surface area contributed by atoms with Crippen LogP contribution < -0.4 is 0 Å². The summed E-state index contributed by atoms with van der Waals surface area (Å²) in [5.41, 5.74) is 1.00. The van der Waals surface area contributed by atoms with Crippen molar-refractivity contribution in [1.29, 1.82) is 0 Å². The van der Waals surface area contributed by atoms with Gasteiger partial charge in [0.05, 0.1) is 6.10 Å². The number of halogens is 1. The molecule has 1 atom stereocenters. The monoisotopic (exact) mass is 246 g/mol. The van der Waals surface area contributed by atoms with Gasteiger partial charge < -0.3 is 5.11 Å². The predicted molar refractivity (Wildman–Crippen MR) is 57.0 cm³/mol. The van der Waals surface area contributed by atoms with Crippen LogP contribution in [0.4, 0.5) is 0 Å². The first-order valence-corrected chi connectivity index (χ1v) is 6.01. The molecule has 0 aliphatic heterocycles. The lowest BCUT2D eigenvalue weighted by Crippen LogP contribution is -1.99. The molecule has 1 aromatic carbocycles. The highest BCUT2D eigenvalue weighted by molar-refractivity contribution is 9.09. The molecule has 1 unspecified atom stereocenters. The van der Waals surface area contributed by atoms with E-state index in [4.69, 9.17) is 0 Å². The molecular weight excluding hydrogens is 236 g/mol. The number of hydrogen-bond donors (Lipinski definition) is 1. The van der Waals surface area contributed by atoms with Crippen molar-refractivity contribution in [1.82, 2.24) is 0 Å². The van der Waals surface area contributed by atoms with Crippen molar-refractivity contribution in [3.8, 4) is 0 Å². The number of thioether (sulfide) groups is 1. The van der Waals surface area contributed by atoms with Gasteiger partial charge in [0.1, 0.15) is 0 Å². The first kappa shape index (κ1) is 10.1. The molecule has 1 rings (SSSR count). The Balaban J connectivity index is 2.96. The van der Waals surface area contributed by atoms with Crippen LogP contribution in [0, 0.1) is 0 Å². The van der Waals surface area contributed by atoms with Gasteiger partial charge in [-0.3, -0.25) is 0 Å². The second-order valence-electron chi connectivity index (χ2n) is 2.41. The number of aliphatic hydroxyl groups is 1. The van der Waals surface area contributed by atoms with Crippen LogP contribution in [0.3, 0.4) is 0 Å². The molecule has 0 heterocycles. The maximum Gasteiger partial charge on any atom is 0.0897 e. The number of hydrogen-bond acceptors (Lipinski definition) is 2. The average molecular weight is 247 g/mol. The van der Waals surface area contributed by atoms with Crippen LogP contribution in [0.1, 0.15) is 11.7 Å². The first-order chi connectivity index (χ1) is 5.79. The van der Waals surface area contributed by atoms with E-state index < -0.39 is 6.10 Å². The largest absolute Gasteiger partial charge is 0.388 e. The molecule has 0 aromatic heterocycles. The van der Waals surface area contributed by atoms with E-state index in [0.29, 0.717) is 5.33 Å². The van der Waals surface area contributed by atoms with Crippen LogP contribution >= 0.6 is 27.7 Å². The minimum absolute atomic E-state index is 0.395. The second kappa shape index (κ2) is 4.90. The number of alkyl halides is 1. The lowest BCUT2D eigenvalue weighted by Gasteiger charge is -2.10. The normalized spacial score (nSPS) is 12.9. The summed E-state index contributed by atoms with van der Waals surface area (Å²) >= 11 is 4.91. The quantitative estimate of drug-likeness (QED) is 0.654. The van der Waals surface area contributed by atoms with Gasteiger partial charge >= 0.3 is 0 Å². The zero-order chi connectivity index (χ0) is 8.97. The molecule has 0 spiro atoms. The molecule has 0 aliphatic carbocycles. The molecule has 0 radical (unpaired) electrons. The maximum atomic E-state index is 9.58. The van der Waals surface area contributed by atoms with Gasteiger partial charge in [-0.05, 0) is 17.9 Å². The third-order valence-electron chi connectivity index (χ3n) is 1.64. The van der Waals surface area contributed by atoms with E-state index in [1.54, 1.807) is 11.8 Å². The van der Waals surface area contributed by atoms with Gasteiger partial charge in [-0.25, -0.2) is 0 Å². The minimum atomic E-state index is -0.395. The third kappa shape index (κ3) is 2.25. The van der Waals surface area contributed by atoms with Crippen LogP contribution in [0.2, 0.25) is 0 Å². The van der Waals surface area contributed by atoms with Crippen molar-refractivity contribution in [3.05, 3.63) is 29.8 Å². The lowest BCUT2D eigenvalue weighted by atomic mass is 10.1. The Morgan fingerprint density at radius 2 is 2.17 bits per heavy atom. The molecule has 1 N–H and O–H groups in total. The summed E-state index contributed by atoms with van der Waals surface area (Å²) in [5.74, 6) is 0. The highest BCUT2D eigenvalue weighted by Gasteiger charge is 2.08. The van der Waals surface area contributed by atoms with E-state index in [2.05, 4.69) is 15.9 Å². The van der Waals surface area contributed by atoms with E-state index in [9.17, 15) is 5.11 Å². The summed E-state index contributed by atoms with van der Waals surface area (Å²) in [6, 6.07) is 7.90. The van der Waals surface area contributed by atoms with Crippen molar-refractivity contribution in [2.75, 3.05) is 11.6 Å². The van der Waals surface area contributed by atoms with E-state index >= 15 is 0 Å². The van der Waals surface area contributed by atoms with Crippen LogP contribution in [-0.2, 0) is 0 Å². The zero-order valence-electron chi connectivity index (χ0n) is 6.83. The summed E-state index contributed by atoms with van der Waals surface area (Å²) in [7, 11) is 0. The van der Waals surface area contributed by atoms with Gasteiger partial charge in [-0.15, -0.1) is 11.8 Å². The third-order valence-corrected chi connectivity index (χ3v) is 3.07. The fourth-order valence-electron chi connectivity index (χ4n) is 1.02. The average Bonchev–Trinajstić information content (AvgIpc) is 2.16. The van der Waals surface area contributed by atoms with Gasteiger partial charge in [0.15, 0.2) is 0 Å². The SMILES string of the molecule is CSc1ccccc1C(O)CBr. The number of benzene rings is 1. The zero-order valence-corrected chi connectivity index (χ0v) is 9.23. The van der Waals surface area contributed by atoms with E-state index in [1.165, 1.54) is 0 Å². The van der Waals surface area contributed by atoms with Gasteiger partial charge in [-0.2, -0.15) is 0 Å². The molecule has 1 aromatic rings. The van der Waals surface area contributed by atoms with Crippen LogP contribution in [-0.4, -0.2) is 16.7 Å². The number of rotatable bonds is 3. The van der Waals surface area contributed by atoms with Crippen molar-refractivity contribution >= 4 is 27.7 Å². The molecule has 12 heavy (non-hydrogen) atoms. The number of aliphatic hydroxyl groups excluding tert-OH is 1. The maximum absolute atomic E-state index is 9.58. The highest BCUT2D eigenvalue weighted by Crippen LogP contribution is 2.26. The fourth-order valence-corrected chi connectivity index (χ4v) is 2.03. The molecule has 0 fully saturated rings.